The zero-order chi connectivity index (χ0) is 11.1. The van der Waals surface area contributed by atoms with Gasteiger partial charge in [0.05, 0.1) is 0 Å². The van der Waals surface area contributed by atoms with Gasteiger partial charge in [0, 0.05) is 0 Å². The Morgan fingerprint density at radius 1 is 0.786 bits per heavy atom. The maximum Gasteiger partial charge on any atom is -0.0259 e. The fraction of sp³-hybridized carbons (Fsp3) is 0.143. The highest BCUT2D eigenvalue weighted by atomic mass is 14.0. The van der Waals surface area contributed by atoms with Gasteiger partial charge in [-0.1, -0.05) is 61.8 Å². The van der Waals surface area contributed by atoms with Gasteiger partial charge in [0.2, 0.25) is 0 Å². The fourth-order valence-corrected chi connectivity index (χ4v) is 0.853. The molecule has 0 amide bonds. The van der Waals surface area contributed by atoms with E-state index < -0.39 is 0 Å². The van der Waals surface area contributed by atoms with Gasteiger partial charge in [-0.05, 0) is 25.0 Å². The summed E-state index contributed by atoms with van der Waals surface area (Å²) in [7, 11) is 0. The fourth-order valence-electron chi connectivity index (χ4n) is 0.853. The Balaban J connectivity index is 4.66. The molecule has 0 atom stereocenters. The van der Waals surface area contributed by atoms with Crippen LogP contribution in [0.3, 0.4) is 0 Å². The standard InChI is InChI=1S/C14H18/c1-7-11(3)9-13(5)14(6)10-12(4)8-2/h7-10H,1-2,5-6H2,3-4H3/b11-9-,12-10-. The number of rotatable bonds is 5. The minimum atomic E-state index is 0.906. The average molecular weight is 186 g/mol. The predicted octanol–water partition coefficient (Wildman–Crippen LogP) is 4.36. The lowest BCUT2D eigenvalue weighted by Gasteiger charge is -2.01. The van der Waals surface area contributed by atoms with Gasteiger partial charge >= 0.3 is 0 Å². The third-order valence-electron chi connectivity index (χ3n) is 1.86. The summed E-state index contributed by atoms with van der Waals surface area (Å²) in [6.45, 7) is 19.2. The number of hydrogen-bond acceptors (Lipinski definition) is 0. The van der Waals surface area contributed by atoms with Crippen molar-refractivity contribution in [2.75, 3.05) is 0 Å². The Kier molecular flexibility index (Phi) is 5.31. The summed E-state index contributed by atoms with van der Waals surface area (Å²) in [5.74, 6) is 0. The molecule has 0 aromatic carbocycles. The minimum Gasteiger partial charge on any atom is -0.0988 e. The summed E-state index contributed by atoms with van der Waals surface area (Å²) in [6, 6.07) is 0. The summed E-state index contributed by atoms with van der Waals surface area (Å²) in [5, 5.41) is 0. The molecule has 0 rings (SSSR count). The first-order chi connectivity index (χ1) is 6.51. The van der Waals surface area contributed by atoms with Crippen molar-refractivity contribution in [1.82, 2.24) is 0 Å². The van der Waals surface area contributed by atoms with Crippen molar-refractivity contribution in [1.29, 1.82) is 0 Å². The van der Waals surface area contributed by atoms with Crippen molar-refractivity contribution in [2.45, 2.75) is 13.8 Å². The topological polar surface area (TPSA) is 0 Å². The smallest absolute Gasteiger partial charge is 0.0259 e. The van der Waals surface area contributed by atoms with Crippen LogP contribution in [0.5, 0.6) is 0 Å². The highest BCUT2D eigenvalue weighted by molar-refractivity contribution is 5.46. The van der Waals surface area contributed by atoms with Gasteiger partial charge in [-0.3, -0.25) is 0 Å². The predicted molar refractivity (Wildman–Crippen MR) is 66.2 cm³/mol. The Morgan fingerprint density at radius 2 is 1.07 bits per heavy atom. The van der Waals surface area contributed by atoms with E-state index in [9.17, 15) is 0 Å². The van der Waals surface area contributed by atoms with Gasteiger partial charge in [-0.25, -0.2) is 0 Å². The molecular formula is C14H18. The van der Waals surface area contributed by atoms with Crippen molar-refractivity contribution in [2.24, 2.45) is 0 Å². The molecule has 0 nitrogen and oxygen atoms in total. The number of hydrogen-bond donors (Lipinski definition) is 0. The van der Waals surface area contributed by atoms with Crippen LogP contribution >= 0.6 is 0 Å². The largest absolute Gasteiger partial charge is 0.0988 e. The Bertz CT molecular complexity index is 288. The molecule has 0 aliphatic heterocycles. The third-order valence-corrected chi connectivity index (χ3v) is 1.86. The van der Waals surface area contributed by atoms with E-state index in [0.717, 1.165) is 22.3 Å². The molecule has 0 unspecified atom stereocenters. The van der Waals surface area contributed by atoms with Gasteiger partial charge in [-0.2, -0.15) is 0 Å². The maximum absolute atomic E-state index is 3.93. The quantitative estimate of drug-likeness (QED) is 0.559. The first kappa shape index (κ1) is 12.4. The van der Waals surface area contributed by atoms with Gasteiger partial charge in [0.1, 0.15) is 0 Å². The van der Waals surface area contributed by atoms with Crippen molar-refractivity contribution in [3.63, 3.8) is 0 Å². The van der Waals surface area contributed by atoms with Crippen LogP contribution in [0.1, 0.15) is 13.8 Å². The van der Waals surface area contributed by atoms with Crippen molar-refractivity contribution in [3.8, 4) is 0 Å². The molecule has 0 aromatic heterocycles. The van der Waals surface area contributed by atoms with Crippen molar-refractivity contribution < 1.29 is 0 Å². The first-order valence-electron chi connectivity index (χ1n) is 4.51. The van der Waals surface area contributed by atoms with Crippen LogP contribution in [0.4, 0.5) is 0 Å². The van der Waals surface area contributed by atoms with Crippen LogP contribution in [-0.2, 0) is 0 Å². The van der Waals surface area contributed by atoms with E-state index in [1.807, 2.05) is 26.0 Å². The monoisotopic (exact) mass is 186 g/mol. The second-order valence-corrected chi connectivity index (χ2v) is 3.24. The molecule has 0 heterocycles. The Hall–Kier alpha value is -1.56. The van der Waals surface area contributed by atoms with Crippen molar-refractivity contribution in [3.05, 3.63) is 72.9 Å². The Labute approximate surface area is 87.3 Å². The van der Waals surface area contributed by atoms with Crippen LogP contribution in [0.15, 0.2) is 72.9 Å². The molecule has 0 saturated carbocycles. The zero-order valence-corrected chi connectivity index (χ0v) is 9.14. The van der Waals surface area contributed by atoms with Gasteiger partial charge in [0.15, 0.2) is 0 Å². The highest BCUT2D eigenvalue weighted by Crippen LogP contribution is 2.13. The lowest BCUT2D eigenvalue weighted by molar-refractivity contribution is 1.44. The molecule has 74 valence electrons. The zero-order valence-electron chi connectivity index (χ0n) is 9.14. The van der Waals surface area contributed by atoms with E-state index in [1.54, 1.807) is 12.2 Å². The summed E-state index contributed by atoms with van der Waals surface area (Å²) in [6.07, 6.45) is 7.51. The second-order valence-electron chi connectivity index (χ2n) is 3.24. The molecular weight excluding hydrogens is 168 g/mol. The number of allylic oxidation sites excluding steroid dienone is 8. The molecule has 0 bridgehead atoms. The molecule has 0 aliphatic rings. The normalized spacial score (nSPS) is 12.1. The van der Waals surface area contributed by atoms with E-state index in [4.69, 9.17) is 0 Å². The van der Waals surface area contributed by atoms with Crippen LogP contribution < -0.4 is 0 Å². The summed E-state index contributed by atoms with van der Waals surface area (Å²) in [5.41, 5.74) is 3.98. The molecule has 0 saturated heterocycles. The SMILES string of the molecule is C=C/C(C)=C\C(=C)C(=C)/C=C(/C)C=C. The molecule has 0 radical (unpaired) electrons. The van der Waals surface area contributed by atoms with Crippen LogP contribution in [0, 0.1) is 0 Å². The molecule has 0 aromatic rings. The molecule has 0 fully saturated rings. The average Bonchev–Trinajstić information content (AvgIpc) is 2.17. The van der Waals surface area contributed by atoms with Gasteiger partial charge < -0.3 is 0 Å². The minimum absolute atomic E-state index is 0.906. The van der Waals surface area contributed by atoms with E-state index >= 15 is 0 Å². The maximum atomic E-state index is 3.93. The summed E-state index contributed by atoms with van der Waals surface area (Å²) < 4.78 is 0. The lowest BCUT2D eigenvalue weighted by atomic mass is 10.0. The Morgan fingerprint density at radius 3 is 1.29 bits per heavy atom. The van der Waals surface area contributed by atoms with E-state index in [-0.39, 0.29) is 0 Å². The van der Waals surface area contributed by atoms with Crippen LogP contribution in [0.25, 0.3) is 0 Å². The molecule has 0 aliphatic carbocycles. The van der Waals surface area contributed by atoms with E-state index in [2.05, 4.69) is 26.3 Å². The van der Waals surface area contributed by atoms with Crippen molar-refractivity contribution >= 4 is 0 Å². The highest BCUT2D eigenvalue weighted by Gasteiger charge is 1.93. The molecule has 14 heavy (non-hydrogen) atoms. The first-order valence-corrected chi connectivity index (χ1v) is 4.51. The molecule has 0 heteroatoms. The van der Waals surface area contributed by atoms with E-state index in [0.29, 0.717) is 0 Å². The van der Waals surface area contributed by atoms with E-state index in [1.165, 1.54) is 0 Å². The van der Waals surface area contributed by atoms with Crippen LogP contribution in [0.2, 0.25) is 0 Å². The van der Waals surface area contributed by atoms with Gasteiger partial charge in [0.25, 0.3) is 0 Å². The van der Waals surface area contributed by atoms with Crippen LogP contribution in [-0.4, -0.2) is 0 Å². The molecule has 0 spiro atoms. The van der Waals surface area contributed by atoms with Gasteiger partial charge in [-0.15, -0.1) is 0 Å². The summed E-state index contributed by atoms with van der Waals surface area (Å²) in [4.78, 5) is 0. The summed E-state index contributed by atoms with van der Waals surface area (Å²) >= 11 is 0. The molecule has 0 N–H and O–H groups in total. The lowest BCUT2D eigenvalue weighted by Crippen LogP contribution is -1.81. The second kappa shape index (κ2) is 5.98. The third kappa shape index (κ3) is 4.46.